The number of hydrogen-bond acceptors (Lipinski definition) is 4. The third-order valence-electron chi connectivity index (χ3n) is 6.28. The summed E-state index contributed by atoms with van der Waals surface area (Å²) in [6.07, 6.45) is 3.25. The van der Waals surface area contributed by atoms with E-state index in [1.54, 1.807) is 36.7 Å². The van der Waals surface area contributed by atoms with Crippen molar-refractivity contribution < 1.29 is 14.3 Å². The van der Waals surface area contributed by atoms with Gasteiger partial charge in [-0.05, 0) is 41.5 Å². The first kappa shape index (κ1) is 18.9. The summed E-state index contributed by atoms with van der Waals surface area (Å²) in [5.74, 6) is -0.162. The molecule has 0 radical (unpaired) electrons. The molecule has 30 heavy (non-hydrogen) atoms. The lowest BCUT2D eigenvalue weighted by Gasteiger charge is -2.59. The molecule has 2 aliphatic heterocycles. The number of carbonyl (C=O) groups is 1. The fourth-order valence-electron chi connectivity index (χ4n) is 4.84. The number of benzene rings is 2. The second-order valence-electron chi connectivity index (χ2n) is 7.85. The Hall–Kier alpha value is -3.09. The summed E-state index contributed by atoms with van der Waals surface area (Å²) in [6.45, 7) is 1.18. The zero-order chi connectivity index (χ0) is 20.7. The highest BCUT2D eigenvalue weighted by Gasteiger charge is 2.53. The van der Waals surface area contributed by atoms with Crippen LogP contribution < -0.4 is 4.90 Å². The van der Waals surface area contributed by atoms with E-state index < -0.39 is 0 Å². The molecule has 1 saturated heterocycles. The molecule has 0 spiro atoms. The maximum Gasteiger partial charge on any atom is 0.258 e. The molecule has 1 fully saturated rings. The lowest BCUT2D eigenvalue weighted by molar-refractivity contribution is -0.0488. The molecule has 6 heteroatoms. The van der Waals surface area contributed by atoms with Gasteiger partial charge >= 0.3 is 0 Å². The first-order chi connectivity index (χ1) is 14.7. The number of likely N-dealkylation sites (tertiary alicyclic amines) is 1. The summed E-state index contributed by atoms with van der Waals surface area (Å²) in [5, 5.41) is 10.1. The first-order valence-electron chi connectivity index (χ1n) is 10.1. The van der Waals surface area contributed by atoms with E-state index in [0.29, 0.717) is 18.7 Å². The maximum absolute atomic E-state index is 13.3. The lowest BCUT2D eigenvalue weighted by atomic mass is 9.71. The number of fused-ring (bicyclic) bond motifs is 3. The molecule has 0 aliphatic carbocycles. The molecule has 1 aromatic heterocycles. The van der Waals surface area contributed by atoms with Gasteiger partial charge in [0.25, 0.3) is 5.91 Å². The summed E-state index contributed by atoms with van der Waals surface area (Å²) in [7, 11) is 0. The van der Waals surface area contributed by atoms with Gasteiger partial charge in [-0.25, -0.2) is 4.39 Å². The quantitative estimate of drug-likeness (QED) is 0.727. The number of amides is 1. The van der Waals surface area contributed by atoms with Gasteiger partial charge in [0.2, 0.25) is 0 Å². The number of nitrogens with zero attached hydrogens (tertiary/aromatic N) is 3. The van der Waals surface area contributed by atoms with Crippen molar-refractivity contribution in [2.75, 3.05) is 18.1 Å². The number of anilines is 1. The summed E-state index contributed by atoms with van der Waals surface area (Å²) in [4.78, 5) is 21.3. The topological polar surface area (TPSA) is 56.7 Å². The molecule has 1 amide bonds. The van der Waals surface area contributed by atoms with Crippen LogP contribution in [0.2, 0.25) is 0 Å². The van der Waals surface area contributed by atoms with Gasteiger partial charge in [-0.15, -0.1) is 0 Å². The van der Waals surface area contributed by atoms with E-state index in [0.717, 1.165) is 16.8 Å². The van der Waals surface area contributed by atoms with Crippen LogP contribution in [0.5, 0.6) is 0 Å². The number of aromatic nitrogens is 1. The highest BCUT2D eigenvalue weighted by Crippen LogP contribution is 2.48. The molecule has 152 valence electrons. The van der Waals surface area contributed by atoms with Crippen LogP contribution in [0.4, 0.5) is 10.1 Å². The number of rotatable bonds is 4. The van der Waals surface area contributed by atoms with Gasteiger partial charge < -0.3 is 10.0 Å². The number of carbonyl (C=O) groups excluding carboxylic acids is 1. The molecular weight excluding hydrogens is 381 g/mol. The minimum Gasteiger partial charge on any atom is -0.395 e. The standard InChI is InChI=1S/C24H22FN3O2/c25-18-7-5-16(6-8-18)13-27-21-14-28(24(30)17-9-11-26-12-10-17)20-4-2-1-3-19(20)23(21)22(27)15-29/h1-12,21-23,29H,13-15H2/t21-,22-,23+/m1/s1. The Balaban J connectivity index is 1.48. The van der Waals surface area contributed by atoms with Crippen molar-refractivity contribution in [1.82, 2.24) is 9.88 Å². The van der Waals surface area contributed by atoms with Crippen molar-refractivity contribution in [3.05, 3.63) is 95.6 Å². The van der Waals surface area contributed by atoms with Gasteiger partial charge in [-0.3, -0.25) is 14.7 Å². The molecule has 2 aromatic carbocycles. The molecule has 5 rings (SSSR count). The van der Waals surface area contributed by atoms with Crippen molar-refractivity contribution in [3.63, 3.8) is 0 Å². The zero-order valence-corrected chi connectivity index (χ0v) is 16.4. The second-order valence-corrected chi connectivity index (χ2v) is 7.85. The predicted octanol–water partition coefficient (Wildman–Crippen LogP) is 3.21. The number of pyridine rings is 1. The molecule has 0 unspecified atom stereocenters. The van der Waals surface area contributed by atoms with E-state index in [9.17, 15) is 14.3 Å². The molecule has 3 heterocycles. The Labute approximate surface area is 174 Å². The molecule has 0 saturated carbocycles. The van der Waals surface area contributed by atoms with Gasteiger partial charge in [0, 0.05) is 54.7 Å². The fourth-order valence-corrected chi connectivity index (χ4v) is 4.84. The molecule has 3 atom stereocenters. The number of aliphatic hydroxyl groups excluding tert-OH is 1. The Kier molecular flexibility index (Phi) is 4.81. The van der Waals surface area contributed by atoms with Crippen molar-refractivity contribution in [2.45, 2.75) is 24.5 Å². The van der Waals surface area contributed by atoms with Gasteiger partial charge in [-0.1, -0.05) is 30.3 Å². The normalized spacial score (nSPS) is 22.7. The van der Waals surface area contributed by atoms with E-state index in [2.05, 4.69) is 16.0 Å². The van der Waals surface area contributed by atoms with E-state index in [4.69, 9.17) is 0 Å². The van der Waals surface area contributed by atoms with E-state index >= 15 is 0 Å². The average molecular weight is 403 g/mol. The summed E-state index contributed by atoms with van der Waals surface area (Å²) in [6, 6.07) is 17.9. The van der Waals surface area contributed by atoms with Crippen LogP contribution in [0.25, 0.3) is 0 Å². The highest BCUT2D eigenvalue weighted by molar-refractivity contribution is 6.07. The van der Waals surface area contributed by atoms with Crippen LogP contribution in [-0.4, -0.2) is 46.1 Å². The lowest BCUT2D eigenvalue weighted by Crippen LogP contribution is -2.68. The SMILES string of the molecule is O=C(c1ccncc1)N1C[C@@H]2[C@H](c3ccccc31)[C@@H](CO)N2Cc1ccc(F)cc1. The average Bonchev–Trinajstić information content (AvgIpc) is 2.79. The van der Waals surface area contributed by atoms with Gasteiger partial charge in [-0.2, -0.15) is 0 Å². The fraction of sp³-hybridized carbons (Fsp3) is 0.250. The van der Waals surface area contributed by atoms with Crippen LogP contribution in [0, 0.1) is 5.82 Å². The predicted molar refractivity (Wildman–Crippen MR) is 112 cm³/mol. The number of hydrogen-bond donors (Lipinski definition) is 1. The van der Waals surface area contributed by atoms with E-state index in [1.165, 1.54) is 12.1 Å². The van der Waals surface area contributed by atoms with Crippen LogP contribution in [0.1, 0.15) is 27.4 Å². The van der Waals surface area contributed by atoms with Crippen LogP contribution in [-0.2, 0) is 6.54 Å². The first-order valence-corrected chi connectivity index (χ1v) is 10.1. The summed E-state index contributed by atoms with van der Waals surface area (Å²) >= 11 is 0. The third-order valence-corrected chi connectivity index (χ3v) is 6.28. The molecule has 1 N–H and O–H groups in total. The van der Waals surface area contributed by atoms with Crippen LogP contribution in [0.3, 0.4) is 0 Å². The Morgan fingerprint density at radius 1 is 1.07 bits per heavy atom. The minimum atomic E-state index is -0.264. The maximum atomic E-state index is 13.3. The number of aliphatic hydroxyl groups is 1. The molecular formula is C24H22FN3O2. The Bertz CT molecular complexity index is 1060. The van der Waals surface area contributed by atoms with Crippen molar-refractivity contribution in [2.24, 2.45) is 0 Å². The Morgan fingerprint density at radius 2 is 1.80 bits per heavy atom. The minimum absolute atomic E-state index is 0.0284. The van der Waals surface area contributed by atoms with Crippen LogP contribution >= 0.6 is 0 Å². The second kappa shape index (κ2) is 7.63. The van der Waals surface area contributed by atoms with Gasteiger partial charge in [0.15, 0.2) is 0 Å². The molecule has 5 nitrogen and oxygen atoms in total. The smallest absolute Gasteiger partial charge is 0.258 e. The Morgan fingerprint density at radius 3 is 2.53 bits per heavy atom. The molecule has 0 bridgehead atoms. The van der Waals surface area contributed by atoms with Crippen LogP contribution in [0.15, 0.2) is 73.1 Å². The highest BCUT2D eigenvalue weighted by atomic mass is 19.1. The van der Waals surface area contributed by atoms with Gasteiger partial charge in [0.1, 0.15) is 5.82 Å². The molecule has 3 aromatic rings. The van der Waals surface area contributed by atoms with Crippen molar-refractivity contribution in [3.8, 4) is 0 Å². The van der Waals surface area contributed by atoms with Crippen molar-refractivity contribution in [1.29, 1.82) is 0 Å². The summed E-state index contributed by atoms with van der Waals surface area (Å²) < 4.78 is 13.3. The van der Waals surface area contributed by atoms with Crippen molar-refractivity contribution >= 4 is 11.6 Å². The number of halogens is 1. The largest absolute Gasteiger partial charge is 0.395 e. The van der Waals surface area contributed by atoms with E-state index in [1.807, 2.05) is 23.1 Å². The zero-order valence-electron chi connectivity index (χ0n) is 16.4. The van der Waals surface area contributed by atoms with E-state index in [-0.39, 0.29) is 36.3 Å². The summed E-state index contributed by atoms with van der Waals surface area (Å²) in [5.41, 5.74) is 3.58. The monoisotopic (exact) mass is 403 g/mol. The van der Waals surface area contributed by atoms with Gasteiger partial charge in [0.05, 0.1) is 6.61 Å². The third kappa shape index (κ3) is 3.09. The number of para-hydroxylation sites is 1. The molecule has 2 aliphatic rings.